The maximum atomic E-state index is 11.2. The summed E-state index contributed by atoms with van der Waals surface area (Å²) in [5, 5.41) is 9.54. The minimum atomic E-state index is -1.01. The Morgan fingerprint density at radius 3 is 2.62 bits per heavy atom. The van der Waals surface area contributed by atoms with E-state index < -0.39 is 11.9 Å². The Labute approximate surface area is 129 Å². The van der Waals surface area contributed by atoms with Crippen molar-refractivity contribution in [1.82, 2.24) is 0 Å². The van der Waals surface area contributed by atoms with Gasteiger partial charge in [0, 0.05) is 17.6 Å². The first-order chi connectivity index (χ1) is 10.1. The number of aliphatic carboxylic acids is 1. The van der Waals surface area contributed by atoms with Gasteiger partial charge in [0.15, 0.2) is 11.5 Å². The second-order valence-corrected chi connectivity index (χ2v) is 5.58. The lowest BCUT2D eigenvalue weighted by atomic mass is 9.99. The van der Waals surface area contributed by atoms with E-state index in [1.165, 1.54) is 7.11 Å². The van der Waals surface area contributed by atoms with Gasteiger partial charge in [-0.05, 0) is 37.3 Å². The first-order valence-electron chi connectivity index (χ1n) is 7.03. The van der Waals surface area contributed by atoms with Crippen LogP contribution in [0.2, 0.25) is 5.02 Å². The van der Waals surface area contributed by atoms with Crippen molar-refractivity contribution in [2.24, 2.45) is 5.73 Å². The molecular weight excluding hydrogens is 294 g/mol. The van der Waals surface area contributed by atoms with E-state index >= 15 is 0 Å². The van der Waals surface area contributed by atoms with E-state index in [0.717, 1.165) is 25.7 Å². The first kappa shape index (κ1) is 15.9. The molecule has 3 N–H and O–H groups in total. The number of hydrogen-bond donors (Lipinski definition) is 2. The number of ether oxygens (including phenoxy) is 2. The number of benzene rings is 1. The molecule has 0 aliphatic heterocycles. The van der Waals surface area contributed by atoms with E-state index in [1.807, 2.05) is 0 Å². The molecule has 0 heterocycles. The fourth-order valence-electron chi connectivity index (χ4n) is 2.62. The molecule has 116 valence electrons. The highest BCUT2D eigenvalue weighted by molar-refractivity contribution is 6.31. The number of carboxylic acid groups (broad SMARTS) is 1. The van der Waals surface area contributed by atoms with Crippen molar-refractivity contribution in [3.8, 4) is 11.5 Å². The zero-order chi connectivity index (χ0) is 15.4. The van der Waals surface area contributed by atoms with E-state index in [0.29, 0.717) is 22.1 Å². The lowest BCUT2D eigenvalue weighted by molar-refractivity contribution is -0.138. The van der Waals surface area contributed by atoms with Gasteiger partial charge in [0.2, 0.25) is 0 Å². The zero-order valence-electron chi connectivity index (χ0n) is 12.0. The maximum Gasteiger partial charge on any atom is 0.312 e. The lowest BCUT2D eigenvalue weighted by Crippen LogP contribution is -2.21. The van der Waals surface area contributed by atoms with Crippen molar-refractivity contribution >= 4 is 17.6 Å². The molecule has 0 aromatic heterocycles. The van der Waals surface area contributed by atoms with Crippen LogP contribution in [0.4, 0.5) is 0 Å². The summed E-state index contributed by atoms with van der Waals surface area (Å²) in [7, 11) is 1.52. The van der Waals surface area contributed by atoms with Crippen LogP contribution in [-0.2, 0) is 4.79 Å². The number of halogens is 1. The number of nitrogens with two attached hydrogens (primary N) is 1. The average molecular weight is 314 g/mol. The van der Waals surface area contributed by atoms with Gasteiger partial charge in [-0.1, -0.05) is 11.6 Å². The molecule has 0 radical (unpaired) electrons. The van der Waals surface area contributed by atoms with Crippen LogP contribution in [0.5, 0.6) is 11.5 Å². The fraction of sp³-hybridized carbons (Fsp3) is 0.533. The van der Waals surface area contributed by atoms with Gasteiger partial charge in [-0.15, -0.1) is 0 Å². The second-order valence-electron chi connectivity index (χ2n) is 5.18. The van der Waals surface area contributed by atoms with Crippen LogP contribution < -0.4 is 15.2 Å². The highest BCUT2D eigenvalue weighted by atomic mass is 35.5. The molecule has 1 atom stereocenters. The molecule has 0 bridgehead atoms. The van der Waals surface area contributed by atoms with Crippen LogP contribution in [0.25, 0.3) is 0 Å². The summed E-state index contributed by atoms with van der Waals surface area (Å²) in [6.07, 6.45) is 4.53. The van der Waals surface area contributed by atoms with Crippen LogP contribution in [0, 0.1) is 0 Å². The molecule has 5 nitrogen and oxygen atoms in total. The molecule has 0 spiro atoms. The Morgan fingerprint density at radius 1 is 1.43 bits per heavy atom. The Morgan fingerprint density at radius 2 is 2.10 bits per heavy atom. The summed E-state index contributed by atoms with van der Waals surface area (Å²) >= 11 is 6.21. The van der Waals surface area contributed by atoms with Crippen molar-refractivity contribution in [2.45, 2.75) is 37.7 Å². The highest BCUT2D eigenvalue weighted by Crippen LogP contribution is 2.38. The summed E-state index contributed by atoms with van der Waals surface area (Å²) in [6, 6.07) is 3.23. The minimum Gasteiger partial charge on any atom is -0.493 e. The number of rotatable bonds is 6. The Bertz CT molecular complexity index is 515. The van der Waals surface area contributed by atoms with Gasteiger partial charge in [0.05, 0.1) is 19.1 Å². The van der Waals surface area contributed by atoms with Gasteiger partial charge in [-0.25, -0.2) is 0 Å². The molecule has 1 fully saturated rings. The van der Waals surface area contributed by atoms with Gasteiger partial charge < -0.3 is 20.3 Å². The van der Waals surface area contributed by atoms with Crippen molar-refractivity contribution in [3.63, 3.8) is 0 Å². The predicted octanol–water partition coefficient (Wildman–Crippen LogP) is 2.80. The van der Waals surface area contributed by atoms with Crippen LogP contribution >= 0.6 is 11.6 Å². The number of hydrogen-bond acceptors (Lipinski definition) is 4. The third-order valence-corrected chi connectivity index (χ3v) is 4.12. The minimum absolute atomic E-state index is 0.0267. The van der Waals surface area contributed by atoms with Crippen LogP contribution in [0.3, 0.4) is 0 Å². The van der Waals surface area contributed by atoms with Crippen LogP contribution in [0.15, 0.2) is 12.1 Å². The third kappa shape index (κ3) is 3.60. The summed E-state index contributed by atoms with van der Waals surface area (Å²) in [5.41, 5.74) is 5.97. The van der Waals surface area contributed by atoms with E-state index in [9.17, 15) is 9.90 Å². The first-order valence-corrected chi connectivity index (χ1v) is 7.41. The number of carbonyl (C=O) groups is 1. The smallest absolute Gasteiger partial charge is 0.312 e. The molecule has 1 aromatic rings. The largest absolute Gasteiger partial charge is 0.493 e. The summed E-state index contributed by atoms with van der Waals surface area (Å²) < 4.78 is 11.2. The Kier molecular flexibility index (Phi) is 5.31. The molecule has 1 aliphatic carbocycles. The van der Waals surface area contributed by atoms with E-state index in [-0.39, 0.29) is 12.6 Å². The van der Waals surface area contributed by atoms with Crippen molar-refractivity contribution in [2.75, 3.05) is 13.7 Å². The quantitative estimate of drug-likeness (QED) is 0.844. The predicted molar refractivity (Wildman–Crippen MR) is 80.3 cm³/mol. The van der Waals surface area contributed by atoms with Crippen LogP contribution in [0.1, 0.15) is 37.2 Å². The normalized spacial score (nSPS) is 16.7. The molecule has 1 saturated carbocycles. The van der Waals surface area contributed by atoms with Gasteiger partial charge in [-0.3, -0.25) is 4.79 Å². The topological polar surface area (TPSA) is 81.8 Å². The zero-order valence-corrected chi connectivity index (χ0v) is 12.7. The van der Waals surface area contributed by atoms with E-state index in [4.69, 9.17) is 26.8 Å². The summed E-state index contributed by atoms with van der Waals surface area (Å²) in [4.78, 5) is 11.2. The van der Waals surface area contributed by atoms with E-state index in [1.54, 1.807) is 12.1 Å². The average Bonchev–Trinajstić information content (AvgIpc) is 2.94. The molecule has 2 rings (SSSR count). The van der Waals surface area contributed by atoms with Gasteiger partial charge >= 0.3 is 5.97 Å². The molecular formula is C15H20ClNO4. The summed E-state index contributed by atoms with van der Waals surface area (Å²) in [5.74, 6) is -0.821. The molecule has 1 aromatic carbocycles. The van der Waals surface area contributed by atoms with Crippen molar-refractivity contribution in [1.29, 1.82) is 0 Å². The maximum absolute atomic E-state index is 11.2. The second kappa shape index (κ2) is 7.00. The molecule has 21 heavy (non-hydrogen) atoms. The molecule has 6 heteroatoms. The molecule has 0 amide bonds. The Balaban J connectivity index is 2.31. The highest BCUT2D eigenvalue weighted by Gasteiger charge is 2.25. The van der Waals surface area contributed by atoms with Gasteiger partial charge in [0.25, 0.3) is 0 Å². The third-order valence-electron chi connectivity index (χ3n) is 3.79. The number of methoxy groups -OCH3 is 1. The molecule has 0 saturated heterocycles. The summed E-state index contributed by atoms with van der Waals surface area (Å²) in [6.45, 7) is -0.0267. The van der Waals surface area contributed by atoms with Crippen molar-refractivity contribution in [3.05, 3.63) is 22.7 Å². The SMILES string of the molecule is COc1cc(C(CN)C(=O)O)c(Cl)cc1OC1CCCC1. The Hall–Kier alpha value is -1.46. The van der Waals surface area contributed by atoms with Crippen molar-refractivity contribution < 1.29 is 19.4 Å². The molecule has 1 aliphatic rings. The molecule has 1 unspecified atom stereocenters. The monoisotopic (exact) mass is 313 g/mol. The fourth-order valence-corrected chi connectivity index (χ4v) is 2.90. The van der Waals surface area contributed by atoms with Gasteiger partial charge in [-0.2, -0.15) is 0 Å². The number of carboxylic acids is 1. The van der Waals surface area contributed by atoms with Gasteiger partial charge in [0.1, 0.15) is 0 Å². The van der Waals surface area contributed by atoms with Crippen LogP contribution in [-0.4, -0.2) is 30.8 Å². The standard InChI is InChI=1S/C15H20ClNO4/c1-20-13-6-10(11(8-17)15(18)19)12(16)7-14(13)21-9-4-2-3-5-9/h6-7,9,11H,2-5,8,17H2,1H3,(H,18,19). The lowest BCUT2D eigenvalue weighted by Gasteiger charge is -2.19. The van der Waals surface area contributed by atoms with E-state index in [2.05, 4.69) is 0 Å².